The maximum absolute atomic E-state index is 11.8. The molecule has 0 N–H and O–H groups in total. The van der Waals surface area contributed by atoms with Gasteiger partial charge in [-0.2, -0.15) is 5.10 Å². The fraction of sp³-hybridized carbons (Fsp3) is 0.400. The van der Waals surface area contributed by atoms with Crippen molar-refractivity contribution in [3.8, 4) is 5.69 Å². The molecule has 0 atom stereocenters. The molecule has 0 spiro atoms. The summed E-state index contributed by atoms with van der Waals surface area (Å²) in [5.74, 6) is 1.91. The first-order valence-corrected chi connectivity index (χ1v) is 6.78. The topological polar surface area (TPSA) is 47.8 Å². The van der Waals surface area contributed by atoms with E-state index in [0.29, 0.717) is 6.42 Å². The number of rotatable bonds is 5. The van der Waals surface area contributed by atoms with E-state index < -0.39 is 0 Å². The highest BCUT2D eigenvalue weighted by Crippen LogP contribution is 2.14. The summed E-state index contributed by atoms with van der Waals surface area (Å²) in [7, 11) is 0. The number of carbonyl (C=O) groups is 1. The second kappa shape index (κ2) is 5.78. The Kier molecular flexibility index (Phi) is 4.10. The average molecular weight is 257 g/mol. The molecule has 0 saturated heterocycles. The van der Waals surface area contributed by atoms with E-state index in [1.54, 1.807) is 0 Å². The van der Waals surface area contributed by atoms with Gasteiger partial charge in [-0.05, 0) is 12.1 Å². The van der Waals surface area contributed by atoms with Crippen LogP contribution in [0.2, 0.25) is 0 Å². The van der Waals surface area contributed by atoms with Crippen LogP contribution >= 0.6 is 0 Å². The molecule has 0 fully saturated rings. The molecule has 0 saturated carbocycles. The number of ketones is 1. The Balaban J connectivity index is 2.46. The van der Waals surface area contributed by atoms with E-state index in [2.05, 4.69) is 17.0 Å². The zero-order chi connectivity index (χ0) is 13.8. The lowest BCUT2D eigenvalue weighted by atomic mass is 10.1. The van der Waals surface area contributed by atoms with Crippen LogP contribution in [0.4, 0.5) is 0 Å². The van der Waals surface area contributed by atoms with Crippen LogP contribution in [-0.2, 0) is 12.8 Å². The molecule has 0 bridgehead atoms. The van der Waals surface area contributed by atoms with Crippen LogP contribution in [0.25, 0.3) is 5.69 Å². The van der Waals surface area contributed by atoms with E-state index in [-0.39, 0.29) is 5.78 Å². The first-order valence-electron chi connectivity index (χ1n) is 6.78. The summed E-state index contributed by atoms with van der Waals surface area (Å²) < 4.78 is 1.84. The lowest BCUT2D eigenvalue weighted by molar-refractivity contribution is 0.0988. The fourth-order valence-corrected chi connectivity index (χ4v) is 1.99. The summed E-state index contributed by atoms with van der Waals surface area (Å²) in [5, 5.41) is 4.49. The van der Waals surface area contributed by atoms with Gasteiger partial charge in [-0.15, -0.1) is 0 Å². The van der Waals surface area contributed by atoms with Crippen molar-refractivity contribution in [3.05, 3.63) is 41.5 Å². The van der Waals surface area contributed by atoms with Gasteiger partial charge < -0.3 is 0 Å². The molecule has 1 heterocycles. The van der Waals surface area contributed by atoms with Gasteiger partial charge in [-0.25, -0.2) is 9.67 Å². The Morgan fingerprint density at radius 2 is 2.00 bits per heavy atom. The van der Waals surface area contributed by atoms with Gasteiger partial charge in [-0.3, -0.25) is 4.79 Å². The normalized spacial score (nSPS) is 10.7. The Morgan fingerprint density at radius 1 is 1.21 bits per heavy atom. The molecule has 0 unspecified atom stereocenters. The van der Waals surface area contributed by atoms with Gasteiger partial charge in [0.25, 0.3) is 0 Å². The highest BCUT2D eigenvalue weighted by atomic mass is 16.1. The van der Waals surface area contributed by atoms with Crippen molar-refractivity contribution in [3.63, 3.8) is 0 Å². The number of aromatic nitrogens is 3. The van der Waals surface area contributed by atoms with Crippen LogP contribution in [0.1, 0.15) is 49.2 Å². The fourth-order valence-electron chi connectivity index (χ4n) is 1.99. The molecule has 0 amide bonds. The standard InChI is InChI=1S/C15H19N3O/c1-4-13(19)11-8-7-9-12(10-11)18-15(6-3)16-14(5-2)17-18/h7-10H,4-6H2,1-3H3. The smallest absolute Gasteiger partial charge is 0.162 e. The van der Waals surface area contributed by atoms with Crippen molar-refractivity contribution in [2.24, 2.45) is 0 Å². The molecule has 0 radical (unpaired) electrons. The molecule has 1 aromatic heterocycles. The molecule has 4 nitrogen and oxygen atoms in total. The van der Waals surface area contributed by atoms with Crippen molar-refractivity contribution in [1.82, 2.24) is 14.8 Å². The predicted molar refractivity (Wildman–Crippen MR) is 74.7 cm³/mol. The maximum atomic E-state index is 11.8. The highest BCUT2D eigenvalue weighted by Gasteiger charge is 2.10. The Bertz CT molecular complexity index is 587. The predicted octanol–water partition coefficient (Wildman–Crippen LogP) is 2.98. The minimum absolute atomic E-state index is 0.149. The van der Waals surface area contributed by atoms with E-state index in [4.69, 9.17) is 0 Å². The summed E-state index contributed by atoms with van der Waals surface area (Å²) in [5.41, 5.74) is 1.64. The Morgan fingerprint density at radius 3 is 2.63 bits per heavy atom. The molecule has 4 heteroatoms. The van der Waals surface area contributed by atoms with Gasteiger partial charge in [-0.1, -0.05) is 32.9 Å². The number of hydrogen-bond donors (Lipinski definition) is 0. The molecule has 0 aliphatic carbocycles. The van der Waals surface area contributed by atoms with Gasteiger partial charge in [0.2, 0.25) is 0 Å². The third-order valence-electron chi connectivity index (χ3n) is 3.08. The van der Waals surface area contributed by atoms with Crippen molar-refractivity contribution >= 4 is 5.78 Å². The minimum Gasteiger partial charge on any atom is -0.294 e. The molecule has 19 heavy (non-hydrogen) atoms. The van der Waals surface area contributed by atoms with Crippen molar-refractivity contribution in [2.75, 3.05) is 0 Å². The van der Waals surface area contributed by atoms with E-state index >= 15 is 0 Å². The van der Waals surface area contributed by atoms with E-state index in [1.807, 2.05) is 42.8 Å². The van der Waals surface area contributed by atoms with Crippen LogP contribution in [0.3, 0.4) is 0 Å². The summed E-state index contributed by atoms with van der Waals surface area (Å²) in [4.78, 5) is 16.3. The molecule has 0 aliphatic rings. The Labute approximate surface area is 113 Å². The van der Waals surface area contributed by atoms with Gasteiger partial charge in [0.15, 0.2) is 11.6 Å². The van der Waals surface area contributed by atoms with Gasteiger partial charge in [0, 0.05) is 24.8 Å². The van der Waals surface area contributed by atoms with Crippen molar-refractivity contribution < 1.29 is 4.79 Å². The largest absolute Gasteiger partial charge is 0.294 e. The second-order valence-electron chi connectivity index (χ2n) is 4.39. The van der Waals surface area contributed by atoms with Crippen LogP contribution in [-0.4, -0.2) is 20.5 Å². The molecule has 100 valence electrons. The zero-order valence-corrected chi connectivity index (χ0v) is 11.7. The molecule has 1 aromatic carbocycles. The van der Waals surface area contributed by atoms with Gasteiger partial charge in [0.05, 0.1) is 5.69 Å². The number of aryl methyl sites for hydroxylation is 2. The maximum Gasteiger partial charge on any atom is 0.162 e. The van der Waals surface area contributed by atoms with Crippen LogP contribution in [0.15, 0.2) is 24.3 Å². The third-order valence-corrected chi connectivity index (χ3v) is 3.08. The third kappa shape index (κ3) is 2.72. The van der Waals surface area contributed by atoms with E-state index in [1.165, 1.54) is 0 Å². The van der Waals surface area contributed by atoms with E-state index in [0.717, 1.165) is 35.7 Å². The molecule has 0 aliphatic heterocycles. The first-order chi connectivity index (χ1) is 9.19. The van der Waals surface area contributed by atoms with Gasteiger partial charge >= 0.3 is 0 Å². The summed E-state index contributed by atoms with van der Waals surface area (Å²) in [6.45, 7) is 5.97. The van der Waals surface area contributed by atoms with Crippen molar-refractivity contribution in [1.29, 1.82) is 0 Å². The number of hydrogen-bond acceptors (Lipinski definition) is 3. The van der Waals surface area contributed by atoms with Gasteiger partial charge in [0.1, 0.15) is 5.82 Å². The van der Waals surface area contributed by atoms with Crippen LogP contribution < -0.4 is 0 Å². The number of nitrogens with zero attached hydrogens (tertiary/aromatic N) is 3. The van der Waals surface area contributed by atoms with Crippen molar-refractivity contribution in [2.45, 2.75) is 40.0 Å². The number of Topliss-reactive ketones (excluding diaryl/α,β-unsaturated/α-hetero) is 1. The zero-order valence-electron chi connectivity index (χ0n) is 11.7. The monoisotopic (exact) mass is 257 g/mol. The first kappa shape index (κ1) is 13.5. The number of benzene rings is 1. The average Bonchev–Trinajstić information content (AvgIpc) is 2.90. The highest BCUT2D eigenvalue weighted by molar-refractivity contribution is 5.96. The number of carbonyl (C=O) groups excluding carboxylic acids is 1. The lowest BCUT2D eigenvalue weighted by Crippen LogP contribution is -2.04. The molecular weight excluding hydrogens is 238 g/mol. The van der Waals surface area contributed by atoms with Crippen LogP contribution in [0.5, 0.6) is 0 Å². The summed E-state index contributed by atoms with van der Waals surface area (Å²) in [6.07, 6.45) is 2.15. The van der Waals surface area contributed by atoms with Crippen LogP contribution in [0, 0.1) is 0 Å². The minimum atomic E-state index is 0.149. The summed E-state index contributed by atoms with van der Waals surface area (Å²) in [6, 6.07) is 7.59. The van der Waals surface area contributed by atoms with E-state index in [9.17, 15) is 4.79 Å². The molecule has 2 rings (SSSR count). The summed E-state index contributed by atoms with van der Waals surface area (Å²) >= 11 is 0. The lowest BCUT2D eigenvalue weighted by Gasteiger charge is -2.06. The SMILES string of the molecule is CCC(=O)c1cccc(-n2nc(CC)nc2CC)c1. The second-order valence-corrected chi connectivity index (χ2v) is 4.39. The Hall–Kier alpha value is -1.97. The molecular formula is C15H19N3O. The quantitative estimate of drug-likeness (QED) is 0.774. The molecule has 2 aromatic rings.